The molecule has 1 rings (SSSR count). The van der Waals surface area contributed by atoms with E-state index in [2.05, 4.69) is 4.74 Å². The maximum Gasteiger partial charge on any atom is 0.411 e. The second-order valence-corrected chi connectivity index (χ2v) is 4.13. The van der Waals surface area contributed by atoms with E-state index in [1.54, 1.807) is 0 Å². The molecule has 1 aromatic rings. The van der Waals surface area contributed by atoms with Crippen LogP contribution in [0.3, 0.4) is 0 Å². The third kappa shape index (κ3) is 5.98. The van der Waals surface area contributed by atoms with E-state index in [1.807, 2.05) is 0 Å². The van der Waals surface area contributed by atoms with Crippen LogP contribution in [0.1, 0.15) is 12.0 Å². The molecule has 0 aliphatic rings. The number of rotatable bonds is 6. The van der Waals surface area contributed by atoms with Gasteiger partial charge in [0.25, 0.3) is 0 Å². The molecule has 0 aliphatic carbocycles. The lowest BCUT2D eigenvalue weighted by Gasteiger charge is -2.13. The maximum atomic E-state index is 13.3. The number of hydrogen-bond acceptors (Lipinski definition) is 2. The second kappa shape index (κ2) is 6.81. The number of alkyl halides is 3. The van der Waals surface area contributed by atoms with Crippen molar-refractivity contribution in [3.8, 4) is 0 Å². The minimum Gasteiger partial charge on any atom is -0.372 e. The molecule has 1 unspecified atom stereocenters. The number of hydrogen-bond donors (Lipinski definition) is 1. The monoisotopic (exact) mass is 283 g/mol. The molecule has 2 N–H and O–H groups in total. The zero-order chi connectivity index (χ0) is 14.5. The van der Waals surface area contributed by atoms with E-state index in [-0.39, 0.29) is 25.0 Å². The van der Waals surface area contributed by atoms with Crippen molar-refractivity contribution in [3.63, 3.8) is 0 Å². The average Bonchev–Trinajstić information content (AvgIpc) is 2.29. The lowest BCUT2D eigenvalue weighted by atomic mass is 10.0. The van der Waals surface area contributed by atoms with E-state index in [0.29, 0.717) is 0 Å². The Morgan fingerprint density at radius 1 is 1.21 bits per heavy atom. The highest BCUT2D eigenvalue weighted by Gasteiger charge is 2.27. The Hall–Kier alpha value is -1.21. The van der Waals surface area contributed by atoms with Gasteiger partial charge >= 0.3 is 6.18 Å². The lowest BCUT2D eigenvalue weighted by Crippen LogP contribution is -2.26. The Kier molecular flexibility index (Phi) is 5.68. The molecule has 0 heterocycles. The third-order valence-corrected chi connectivity index (χ3v) is 2.41. The van der Waals surface area contributed by atoms with Crippen molar-refractivity contribution in [2.24, 2.45) is 5.73 Å². The molecule has 1 atom stereocenters. The molecule has 0 radical (unpaired) electrons. The maximum absolute atomic E-state index is 13.3. The Bertz CT molecular complexity index is 408. The first-order valence-electron chi connectivity index (χ1n) is 5.62. The van der Waals surface area contributed by atoms with Crippen LogP contribution in [-0.2, 0) is 11.2 Å². The van der Waals surface area contributed by atoms with Gasteiger partial charge in [-0.05, 0) is 24.5 Å². The van der Waals surface area contributed by atoms with Crippen molar-refractivity contribution in [3.05, 3.63) is 35.4 Å². The first kappa shape index (κ1) is 15.8. The first-order chi connectivity index (χ1) is 8.79. The first-order valence-corrected chi connectivity index (χ1v) is 5.62. The fourth-order valence-electron chi connectivity index (χ4n) is 1.51. The van der Waals surface area contributed by atoms with Gasteiger partial charge in [-0.3, -0.25) is 0 Å². The molecular weight excluding hydrogens is 269 g/mol. The van der Waals surface area contributed by atoms with Gasteiger partial charge in [-0.1, -0.05) is 12.1 Å². The molecule has 0 aromatic heterocycles. The van der Waals surface area contributed by atoms with Gasteiger partial charge in [-0.2, -0.15) is 13.2 Å². The number of ether oxygens (including phenoxy) is 1. The Morgan fingerprint density at radius 3 is 2.53 bits per heavy atom. The predicted octanol–water partition coefficient (Wildman–Crippen LogP) is 2.80. The topological polar surface area (TPSA) is 35.2 Å². The lowest BCUT2D eigenvalue weighted by molar-refractivity contribution is -0.174. The quantitative estimate of drug-likeness (QED) is 0.643. The number of nitrogens with two attached hydrogens (primary N) is 1. The van der Waals surface area contributed by atoms with E-state index in [0.717, 1.165) is 6.07 Å². The molecule has 0 amide bonds. The summed E-state index contributed by atoms with van der Waals surface area (Å²) < 4.78 is 65.9. The molecule has 0 bridgehead atoms. The molecule has 0 fully saturated rings. The summed E-state index contributed by atoms with van der Waals surface area (Å²) in [5.74, 6) is -1.95. The van der Waals surface area contributed by atoms with Crippen LogP contribution in [0, 0.1) is 11.6 Å². The zero-order valence-electron chi connectivity index (χ0n) is 10.0. The van der Waals surface area contributed by atoms with Crippen LogP contribution in [-0.4, -0.2) is 25.4 Å². The molecule has 1 aromatic carbocycles. The Morgan fingerprint density at radius 2 is 1.89 bits per heavy atom. The molecule has 0 saturated carbocycles. The Balaban J connectivity index is 2.35. The summed E-state index contributed by atoms with van der Waals surface area (Å²) in [6, 6.07) is 3.12. The van der Waals surface area contributed by atoms with Crippen LogP contribution in [0.5, 0.6) is 0 Å². The minimum absolute atomic E-state index is 0.0406. The SMILES string of the molecule is NC(CCOCC(F)(F)F)Cc1cccc(F)c1F. The van der Waals surface area contributed by atoms with Crippen LogP contribution in [0.4, 0.5) is 22.0 Å². The van der Waals surface area contributed by atoms with Crippen molar-refractivity contribution >= 4 is 0 Å². The molecule has 0 aliphatic heterocycles. The summed E-state index contributed by atoms with van der Waals surface area (Å²) in [7, 11) is 0. The van der Waals surface area contributed by atoms with Crippen LogP contribution in [0.25, 0.3) is 0 Å². The van der Waals surface area contributed by atoms with Crippen molar-refractivity contribution in [2.45, 2.75) is 25.1 Å². The smallest absolute Gasteiger partial charge is 0.372 e. The van der Waals surface area contributed by atoms with E-state index in [1.165, 1.54) is 12.1 Å². The summed E-state index contributed by atoms with van der Waals surface area (Å²) in [6.45, 7) is -1.52. The Labute approximate surface area is 107 Å². The van der Waals surface area contributed by atoms with Crippen LogP contribution in [0.2, 0.25) is 0 Å². The largest absolute Gasteiger partial charge is 0.411 e. The van der Waals surface area contributed by atoms with Crippen LogP contribution >= 0.6 is 0 Å². The molecule has 2 nitrogen and oxygen atoms in total. The van der Waals surface area contributed by atoms with E-state index in [4.69, 9.17) is 5.73 Å². The number of halogens is 5. The highest BCUT2D eigenvalue weighted by atomic mass is 19.4. The zero-order valence-corrected chi connectivity index (χ0v) is 10.0. The standard InChI is InChI=1S/C12H14F5NO/c13-10-3-1-2-8(11(10)14)6-9(18)4-5-19-7-12(15,16)17/h1-3,9H,4-7,18H2. The highest BCUT2D eigenvalue weighted by Crippen LogP contribution is 2.16. The highest BCUT2D eigenvalue weighted by molar-refractivity contribution is 5.19. The van der Waals surface area contributed by atoms with Crippen molar-refractivity contribution in [1.29, 1.82) is 0 Å². The van der Waals surface area contributed by atoms with Gasteiger partial charge in [0.05, 0.1) is 0 Å². The van der Waals surface area contributed by atoms with Gasteiger partial charge < -0.3 is 10.5 Å². The minimum atomic E-state index is -4.38. The van der Waals surface area contributed by atoms with Gasteiger partial charge in [0.15, 0.2) is 11.6 Å². The predicted molar refractivity (Wildman–Crippen MR) is 59.5 cm³/mol. The van der Waals surface area contributed by atoms with Crippen LogP contribution < -0.4 is 5.73 Å². The van der Waals surface area contributed by atoms with Crippen LogP contribution in [0.15, 0.2) is 18.2 Å². The van der Waals surface area contributed by atoms with E-state index >= 15 is 0 Å². The van der Waals surface area contributed by atoms with Crippen molar-refractivity contribution in [1.82, 2.24) is 0 Å². The van der Waals surface area contributed by atoms with E-state index in [9.17, 15) is 22.0 Å². The molecule has 0 saturated heterocycles. The van der Waals surface area contributed by atoms with Gasteiger partial charge in [0, 0.05) is 12.6 Å². The fourth-order valence-corrected chi connectivity index (χ4v) is 1.51. The van der Waals surface area contributed by atoms with Gasteiger partial charge in [-0.15, -0.1) is 0 Å². The normalized spacial score (nSPS) is 13.6. The summed E-state index contributed by atoms with van der Waals surface area (Å²) >= 11 is 0. The molecule has 108 valence electrons. The molecule has 7 heteroatoms. The van der Waals surface area contributed by atoms with Gasteiger partial charge in [0.2, 0.25) is 0 Å². The van der Waals surface area contributed by atoms with E-state index < -0.39 is 30.5 Å². The summed E-state index contributed by atoms with van der Waals surface area (Å²) in [5, 5.41) is 0. The molecular formula is C12H14F5NO. The van der Waals surface area contributed by atoms with Crippen molar-refractivity contribution in [2.75, 3.05) is 13.2 Å². The average molecular weight is 283 g/mol. The summed E-state index contributed by atoms with van der Waals surface area (Å²) in [4.78, 5) is 0. The summed E-state index contributed by atoms with van der Waals surface area (Å²) in [6.07, 6.45) is -4.20. The van der Waals surface area contributed by atoms with Gasteiger partial charge in [0.1, 0.15) is 6.61 Å². The van der Waals surface area contributed by atoms with Crippen molar-refractivity contribution < 1.29 is 26.7 Å². The molecule has 0 spiro atoms. The fraction of sp³-hybridized carbons (Fsp3) is 0.500. The summed E-state index contributed by atoms with van der Waals surface area (Å²) in [5.41, 5.74) is 5.72. The number of benzene rings is 1. The van der Waals surface area contributed by atoms with Gasteiger partial charge in [-0.25, -0.2) is 8.78 Å². The second-order valence-electron chi connectivity index (χ2n) is 4.13. The molecule has 19 heavy (non-hydrogen) atoms. The third-order valence-electron chi connectivity index (χ3n) is 2.41.